The largest absolute Gasteiger partial charge is 0.336 e. The Hall–Kier alpha value is -1.99. The van der Waals surface area contributed by atoms with Crippen molar-refractivity contribution in [2.75, 3.05) is 26.2 Å². The fourth-order valence-electron chi connectivity index (χ4n) is 3.05. The second-order valence-corrected chi connectivity index (χ2v) is 8.74. The van der Waals surface area contributed by atoms with E-state index in [2.05, 4.69) is 36.0 Å². The summed E-state index contributed by atoms with van der Waals surface area (Å²) >= 11 is 1.72. The maximum absolute atomic E-state index is 12.6. The molecule has 0 radical (unpaired) electrons. The van der Waals surface area contributed by atoms with E-state index in [-0.39, 0.29) is 16.9 Å². The van der Waals surface area contributed by atoms with Crippen molar-refractivity contribution in [3.8, 4) is 0 Å². The van der Waals surface area contributed by atoms with Crippen molar-refractivity contribution in [2.45, 2.75) is 39.7 Å². The fraction of sp³-hybridized carbons (Fsp3) is 0.526. The number of aryl methyl sites for hydroxylation is 1. The van der Waals surface area contributed by atoms with Gasteiger partial charge in [-0.25, -0.2) is 4.98 Å². The van der Waals surface area contributed by atoms with Crippen LogP contribution in [0.1, 0.15) is 47.5 Å². The number of amides is 1. The van der Waals surface area contributed by atoms with Gasteiger partial charge in [0, 0.05) is 60.8 Å². The summed E-state index contributed by atoms with van der Waals surface area (Å²) in [5.74, 6) is -0.0671. The predicted octanol–water partition coefficient (Wildman–Crippen LogP) is 2.40. The molecule has 2 aromatic heterocycles. The van der Waals surface area contributed by atoms with E-state index in [9.17, 15) is 9.59 Å². The van der Waals surface area contributed by atoms with E-state index < -0.39 is 0 Å². The topological polar surface area (TPSA) is 69.3 Å². The number of piperazine rings is 1. The number of nitrogens with zero attached hydrogens (tertiary/aromatic N) is 3. The van der Waals surface area contributed by atoms with Crippen molar-refractivity contribution in [3.05, 3.63) is 49.8 Å². The lowest BCUT2D eigenvalue weighted by molar-refractivity contribution is 0.0627. The van der Waals surface area contributed by atoms with Crippen LogP contribution in [-0.4, -0.2) is 51.9 Å². The number of H-pyrrole nitrogens is 1. The number of hydrogen-bond acceptors (Lipinski definition) is 5. The lowest BCUT2D eigenvalue weighted by Gasteiger charge is -2.34. The monoisotopic (exact) mass is 374 g/mol. The maximum Gasteiger partial charge on any atom is 0.254 e. The van der Waals surface area contributed by atoms with E-state index in [1.165, 1.54) is 6.07 Å². The number of hydrogen-bond donors (Lipinski definition) is 1. The summed E-state index contributed by atoms with van der Waals surface area (Å²) in [6, 6.07) is 3.12. The Bertz CT molecular complexity index is 842. The van der Waals surface area contributed by atoms with Crippen LogP contribution in [-0.2, 0) is 12.0 Å². The first-order valence-electron chi connectivity index (χ1n) is 8.90. The van der Waals surface area contributed by atoms with Crippen LogP contribution in [0.15, 0.2) is 22.3 Å². The Morgan fingerprint density at radius 3 is 2.50 bits per heavy atom. The highest BCUT2D eigenvalue weighted by Gasteiger charge is 2.24. The second-order valence-electron chi connectivity index (χ2n) is 7.88. The molecule has 26 heavy (non-hydrogen) atoms. The first kappa shape index (κ1) is 18.8. The molecule has 0 aromatic carbocycles. The highest BCUT2D eigenvalue weighted by molar-refractivity contribution is 7.09. The lowest BCUT2D eigenvalue weighted by Crippen LogP contribution is -2.48. The molecule has 0 unspecified atom stereocenters. The zero-order valence-electron chi connectivity index (χ0n) is 15.8. The molecule has 0 atom stereocenters. The molecule has 2 aromatic rings. The number of nitrogens with one attached hydrogen (secondary N) is 1. The van der Waals surface area contributed by atoms with Gasteiger partial charge < -0.3 is 9.88 Å². The molecule has 3 rings (SSSR count). The molecule has 6 nitrogen and oxygen atoms in total. The zero-order chi connectivity index (χ0) is 18.9. The Morgan fingerprint density at radius 2 is 1.92 bits per heavy atom. The van der Waals surface area contributed by atoms with Crippen LogP contribution in [0.2, 0.25) is 0 Å². The van der Waals surface area contributed by atoms with Crippen molar-refractivity contribution < 1.29 is 4.79 Å². The fourth-order valence-corrected chi connectivity index (χ4v) is 3.95. The van der Waals surface area contributed by atoms with Gasteiger partial charge in [0.05, 0.1) is 10.7 Å². The number of aromatic nitrogens is 2. The molecule has 140 valence electrons. The minimum atomic E-state index is -0.231. The molecule has 1 saturated heterocycles. The number of carbonyl (C=O) groups is 1. The first-order chi connectivity index (χ1) is 12.2. The summed E-state index contributed by atoms with van der Waals surface area (Å²) in [7, 11) is 0. The molecule has 7 heteroatoms. The van der Waals surface area contributed by atoms with Gasteiger partial charge in [-0.05, 0) is 13.0 Å². The molecule has 0 spiro atoms. The van der Waals surface area contributed by atoms with Crippen LogP contribution >= 0.6 is 11.3 Å². The molecule has 3 heterocycles. The average molecular weight is 375 g/mol. The van der Waals surface area contributed by atoms with Crippen LogP contribution in [0.5, 0.6) is 0 Å². The van der Waals surface area contributed by atoms with Gasteiger partial charge in [-0.15, -0.1) is 11.3 Å². The quantitative estimate of drug-likeness (QED) is 0.896. The minimum Gasteiger partial charge on any atom is -0.336 e. The molecule has 1 amide bonds. The number of pyridine rings is 1. The van der Waals surface area contributed by atoms with E-state index in [0.717, 1.165) is 30.3 Å². The summed E-state index contributed by atoms with van der Waals surface area (Å²) in [4.78, 5) is 35.8. The Labute approximate surface area is 157 Å². The van der Waals surface area contributed by atoms with Gasteiger partial charge in [-0.1, -0.05) is 20.8 Å². The van der Waals surface area contributed by atoms with Gasteiger partial charge in [0.25, 0.3) is 5.91 Å². The molecule has 1 fully saturated rings. The summed E-state index contributed by atoms with van der Waals surface area (Å²) < 4.78 is 0. The van der Waals surface area contributed by atoms with Crippen LogP contribution in [0, 0.1) is 6.92 Å². The summed E-state index contributed by atoms with van der Waals surface area (Å²) in [6.07, 6.45) is 0. The zero-order valence-corrected chi connectivity index (χ0v) is 16.7. The van der Waals surface area contributed by atoms with Crippen molar-refractivity contribution in [1.29, 1.82) is 0 Å². The molecule has 1 aliphatic heterocycles. The molecular weight excluding hydrogens is 348 g/mol. The third kappa shape index (κ3) is 4.40. The Kier molecular flexibility index (Phi) is 5.29. The van der Waals surface area contributed by atoms with Crippen LogP contribution in [0.25, 0.3) is 0 Å². The molecule has 0 aliphatic carbocycles. The summed E-state index contributed by atoms with van der Waals surface area (Å²) in [6.45, 7) is 12.1. The highest BCUT2D eigenvalue weighted by Crippen LogP contribution is 2.26. The van der Waals surface area contributed by atoms with Gasteiger partial charge in [-0.3, -0.25) is 14.5 Å². The van der Waals surface area contributed by atoms with Crippen molar-refractivity contribution in [2.24, 2.45) is 0 Å². The smallest absolute Gasteiger partial charge is 0.254 e. The van der Waals surface area contributed by atoms with E-state index in [0.29, 0.717) is 24.3 Å². The SMILES string of the molecule is Cc1cc(C(=O)N2CCN(Cc3csc(C(C)(C)C)n3)CC2)cc(=O)[nH]1. The maximum atomic E-state index is 12.6. The van der Waals surface area contributed by atoms with Crippen LogP contribution < -0.4 is 5.56 Å². The average Bonchev–Trinajstić information content (AvgIpc) is 3.03. The van der Waals surface area contributed by atoms with Crippen molar-refractivity contribution in [3.63, 3.8) is 0 Å². The first-order valence-corrected chi connectivity index (χ1v) is 9.78. The van der Waals surface area contributed by atoms with Crippen molar-refractivity contribution >= 4 is 17.2 Å². The Balaban J connectivity index is 1.58. The van der Waals surface area contributed by atoms with E-state index >= 15 is 0 Å². The summed E-state index contributed by atoms with van der Waals surface area (Å²) in [5.41, 5.74) is 2.13. The molecule has 0 saturated carbocycles. The predicted molar refractivity (Wildman–Crippen MR) is 104 cm³/mol. The number of aromatic amines is 1. The second kappa shape index (κ2) is 7.32. The van der Waals surface area contributed by atoms with Gasteiger partial charge in [0.1, 0.15) is 0 Å². The van der Waals surface area contributed by atoms with Gasteiger partial charge in [0.2, 0.25) is 5.56 Å². The van der Waals surface area contributed by atoms with Gasteiger partial charge in [0.15, 0.2) is 0 Å². The third-order valence-corrected chi connectivity index (χ3v) is 5.78. The molecule has 0 bridgehead atoms. The normalized spacial score (nSPS) is 16.1. The third-order valence-electron chi connectivity index (χ3n) is 4.46. The van der Waals surface area contributed by atoms with Crippen LogP contribution in [0.3, 0.4) is 0 Å². The van der Waals surface area contributed by atoms with Crippen molar-refractivity contribution in [1.82, 2.24) is 19.8 Å². The molecule has 1 N–H and O–H groups in total. The molecule has 1 aliphatic rings. The van der Waals surface area contributed by atoms with Gasteiger partial charge >= 0.3 is 0 Å². The number of rotatable bonds is 3. The Morgan fingerprint density at radius 1 is 1.23 bits per heavy atom. The van der Waals surface area contributed by atoms with E-state index in [1.54, 1.807) is 24.3 Å². The number of carbonyl (C=O) groups excluding carboxylic acids is 1. The number of thiazole rings is 1. The highest BCUT2D eigenvalue weighted by atomic mass is 32.1. The standard InChI is InChI=1S/C19H26N4O2S/c1-13-9-14(10-16(24)20-13)17(25)23-7-5-22(6-8-23)11-15-12-26-18(21-15)19(2,3)4/h9-10,12H,5-8,11H2,1-4H3,(H,20,24). The minimum absolute atomic E-state index is 0.0671. The van der Waals surface area contributed by atoms with Gasteiger partial charge in [-0.2, -0.15) is 0 Å². The van der Waals surface area contributed by atoms with Crippen LogP contribution in [0.4, 0.5) is 0 Å². The summed E-state index contributed by atoms with van der Waals surface area (Å²) in [5, 5.41) is 3.29. The van der Waals surface area contributed by atoms with E-state index in [4.69, 9.17) is 4.98 Å². The molecular formula is C19H26N4O2S. The lowest BCUT2D eigenvalue weighted by atomic mass is 9.98. The van der Waals surface area contributed by atoms with E-state index in [1.807, 2.05) is 4.90 Å².